The molecule has 0 saturated heterocycles. The molecule has 0 fully saturated rings. The Hall–Kier alpha value is 0.0700. The van der Waals surface area contributed by atoms with Gasteiger partial charge in [-0.2, -0.15) is 0 Å². The number of nitrogens with one attached hydrogen (secondary N) is 1. The molecule has 1 N–H and O–H groups in total. The first-order valence-electron chi connectivity index (χ1n) is 5.29. The van der Waals surface area contributed by atoms with Gasteiger partial charge in [0.2, 0.25) is 0 Å². The molecule has 0 aromatic heterocycles. The molecule has 2 aromatic rings. The van der Waals surface area contributed by atoms with Gasteiger partial charge in [-0.15, -0.1) is 0 Å². The van der Waals surface area contributed by atoms with Crippen LogP contribution >= 0.6 is 66.7 Å². The highest BCUT2D eigenvalue weighted by Crippen LogP contribution is 2.34. The molecule has 0 saturated carbocycles. The molecule has 6 heteroatoms. The fourth-order valence-electron chi connectivity index (χ4n) is 1.55. The van der Waals surface area contributed by atoms with Gasteiger partial charge >= 0.3 is 0 Å². The smallest absolute Gasteiger partial charge is 0.0722 e. The first-order valence-corrected chi connectivity index (χ1v) is 8.01. The van der Waals surface area contributed by atoms with Crippen LogP contribution in [-0.2, 0) is 6.54 Å². The lowest BCUT2D eigenvalue weighted by molar-refractivity contribution is 1.15. The number of hydrogen-bond acceptors (Lipinski definition) is 1. The van der Waals surface area contributed by atoms with Gasteiger partial charge in [-0.1, -0.05) is 56.8 Å². The van der Waals surface area contributed by atoms with E-state index in [0.29, 0.717) is 27.3 Å². The first-order chi connectivity index (χ1) is 8.97. The highest BCUT2D eigenvalue weighted by molar-refractivity contribution is 9.10. The quantitative estimate of drug-likeness (QED) is 0.550. The minimum Gasteiger partial charge on any atom is -0.379 e. The van der Waals surface area contributed by atoms with Crippen molar-refractivity contribution in [3.8, 4) is 0 Å². The average Bonchev–Trinajstić information content (AvgIpc) is 2.32. The van der Waals surface area contributed by atoms with E-state index in [1.807, 2.05) is 18.2 Å². The van der Waals surface area contributed by atoms with Crippen LogP contribution in [-0.4, -0.2) is 0 Å². The summed E-state index contributed by atoms with van der Waals surface area (Å²) in [7, 11) is 0. The molecule has 0 radical (unpaired) electrons. The van der Waals surface area contributed by atoms with Gasteiger partial charge in [0.05, 0.1) is 20.8 Å². The minimum atomic E-state index is 0.572. The van der Waals surface area contributed by atoms with Crippen LogP contribution in [0, 0.1) is 0 Å². The molecule has 0 unspecified atom stereocenters. The SMILES string of the molecule is Clc1cc(CNc2c(Cl)cc(Br)cc2Cl)ccc1Br. The second-order valence-electron chi connectivity index (χ2n) is 3.85. The molecule has 0 heterocycles. The molecule has 0 aliphatic carbocycles. The van der Waals surface area contributed by atoms with Crippen molar-refractivity contribution in [3.05, 3.63) is 59.9 Å². The van der Waals surface area contributed by atoms with Crippen LogP contribution < -0.4 is 5.32 Å². The number of benzene rings is 2. The third-order valence-corrected chi connectivity index (χ3v) is 4.75. The number of halogens is 5. The molecule has 1 nitrogen and oxygen atoms in total. The van der Waals surface area contributed by atoms with Crippen LogP contribution in [0.4, 0.5) is 5.69 Å². The maximum atomic E-state index is 6.15. The topological polar surface area (TPSA) is 12.0 Å². The van der Waals surface area contributed by atoms with Crippen molar-refractivity contribution in [2.75, 3.05) is 5.32 Å². The fourth-order valence-corrected chi connectivity index (χ4v) is 3.34. The summed E-state index contributed by atoms with van der Waals surface area (Å²) >= 11 is 25.0. The third kappa shape index (κ3) is 4.02. The van der Waals surface area contributed by atoms with E-state index in [-0.39, 0.29) is 0 Å². The maximum absolute atomic E-state index is 6.15. The van der Waals surface area contributed by atoms with Crippen molar-refractivity contribution in [2.24, 2.45) is 0 Å². The van der Waals surface area contributed by atoms with Crippen molar-refractivity contribution in [3.63, 3.8) is 0 Å². The summed E-state index contributed by atoms with van der Waals surface area (Å²) in [6.45, 7) is 0.591. The summed E-state index contributed by atoms with van der Waals surface area (Å²) in [4.78, 5) is 0. The van der Waals surface area contributed by atoms with E-state index in [0.717, 1.165) is 14.5 Å². The Bertz CT molecular complexity index is 594. The average molecular weight is 444 g/mol. The lowest BCUT2D eigenvalue weighted by atomic mass is 10.2. The highest BCUT2D eigenvalue weighted by atomic mass is 79.9. The van der Waals surface area contributed by atoms with E-state index >= 15 is 0 Å². The van der Waals surface area contributed by atoms with E-state index in [9.17, 15) is 0 Å². The van der Waals surface area contributed by atoms with Crippen molar-refractivity contribution < 1.29 is 0 Å². The molecule has 100 valence electrons. The summed E-state index contributed by atoms with van der Waals surface area (Å²) in [5.74, 6) is 0. The monoisotopic (exact) mass is 441 g/mol. The third-order valence-electron chi connectivity index (χ3n) is 2.46. The number of anilines is 1. The molecular formula is C13H8Br2Cl3N. The molecule has 0 spiro atoms. The van der Waals surface area contributed by atoms with Crippen molar-refractivity contribution >= 4 is 72.4 Å². The predicted octanol–water partition coefficient (Wildman–Crippen LogP) is 6.78. The van der Waals surface area contributed by atoms with Crippen LogP contribution in [0.15, 0.2) is 39.3 Å². The van der Waals surface area contributed by atoms with Gasteiger partial charge < -0.3 is 5.32 Å². The van der Waals surface area contributed by atoms with Crippen molar-refractivity contribution in [1.82, 2.24) is 0 Å². The zero-order valence-electron chi connectivity index (χ0n) is 9.48. The van der Waals surface area contributed by atoms with Gasteiger partial charge in [-0.3, -0.25) is 0 Å². The Balaban J connectivity index is 2.16. The summed E-state index contributed by atoms with van der Waals surface area (Å²) in [6.07, 6.45) is 0. The van der Waals surface area contributed by atoms with Gasteiger partial charge in [-0.05, 0) is 45.8 Å². The Morgan fingerprint density at radius 1 is 0.895 bits per heavy atom. The lowest BCUT2D eigenvalue weighted by Gasteiger charge is -2.11. The molecular weight excluding hydrogens is 436 g/mol. The largest absolute Gasteiger partial charge is 0.379 e. The summed E-state index contributed by atoms with van der Waals surface area (Å²) in [6, 6.07) is 9.36. The highest BCUT2D eigenvalue weighted by Gasteiger charge is 2.07. The normalized spacial score (nSPS) is 10.6. The molecule has 0 aliphatic heterocycles. The van der Waals surface area contributed by atoms with Crippen molar-refractivity contribution in [2.45, 2.75) is 6.54 Å². The zero-order valence-corrected chi connectivity index (χ0v) is 14.9. The van der Waals surface area contributed by atoms with E-state index in [1.54, 1.807) is 12.1 Å². The van der Waals surface area contributed by atoms with Gasteiger partial charge in [0.25, 0.3) is 0 Å². The summed E-state index contributed by atoms with van der Waals surface area (Å²) in [5.41, 5.74) is 1.76. The standard InChI is InChI=1S/C13H8Br2Cl3N/c14-8-4-11(17)13(12(18)5-8)19-6-7-1-2-9(15)10(16)3-7/h1-5,19H,6H2. The maximum Gasteiger partial charge on any atom is 0.0722 e. The molecule has 19 heavy (non-hydrogen) atoms. The van der Waals surface area contributed by atoms with E-state index in [2.05, 4.69) is 37.2 Å². The van der Waals surface area contributed by atoms with Crippen LogP contribution in [0.25, 0.3) is 0 Å². The van der Waals surface area contributed by atoms with Gasteiger partial charge in [0, 0.05) is 15.5 Å². The Kier molecular flexibility index (Phi) is 5.44. The Labute approximate surface area is 143 Å². The van der Waals surface area contributed by atoms with Crippen LogP contribution in [0.2, 0.25) is 15.1 Å². The number of hydrogen-bond donors (Lipinski definition) is 1. The van der Waals surface area contributed by atoms with Gasteiger partial charge in [-0.25, -0.2) is 0 Å². The molecule has 0 atom stereocenters. The predicted molar refractivity (Wildman–Crippen MR) is 90.6 cm³/mol. The fraction of sp³-hybridized carbons (Fsp3) is 0.0769. The van der Waals surface area contributed by atoms with Crippen molar-refractivity contribution in [1.29, 1.82) is 0 Å². The van der Waals surface area contributed by atoms with E-state index in [4.69, 9.17) is 34.8 Å². The van der Waals surface area contributed by atoms with Crippen LogP contribution in [0.1, 0.15) is 5.56 Å². The molecule has 2 rings (SSSR count). The number of rotatable bonds is 3. The molecule has 2 aromatic carbocycles. The van der Waals surface area contributed by atoms with E-state index in [1.165, 1.54) is 0 Å². The second kappa shape index (κ2) is 6.68. The Morgan fingerprint density at radius 2 is 1.53 bits per heavy atom. The summed E-state index contributed by atoms with van der Waals surface area (Å²) in [5, 5.41) is 5.03. The summed E-state index contributed by atoms with van der Waals surface area (Å²) < 4.78 is 1.72. The minimum absolute atomic E-state index is 0.572. The second-order valence-corrected chi connectivity index (χ2v) is 6.84. The molecule has 0 aliphatic rings. The zero-order chi connectivity index (χ0) is 14.0. The van der Waals surface area contributed by atoms with Crippen LogP contribution in [0.3, 0.4) is 0 Å². The molecule has 0 amide bonds. The Morgan fingerprint density at radius 3 is 2.11 bits per heavy atom. The molecule has 0 bridgehead atoms. The first kappa shape index (κ1) is 15.5. The van der Waals surface area contributed by atoms with Crippen LogP contribution in [0.5, 0.6) is 0 Å². The lowest BCUT2D eigenvalue weighted by Crippen LogP contribution is -2.00. The van der Waals surface area contributed by atoms with Gasteiger partial charge in [0.15, 0.2) is 0 Å². The van der Waals surface area contributed by atoms with E-state index < -0.39 is 0 Å². The van der Waals surface area contributed by atoms with Gasteiger partial charge in [0.1, 0.15) is 0 Å².